The lowest BCUT2D eigenvalue weighted by atomic mass is 9.98. The van der Waals surface area contributed by atoms with E-state index < -0.39 is 24.0 Å². The molecule has 130 valence electrons. The summed E-state index contributed by atoms with van der Waals surface area (Å²) in [4.78, 5) is 11.4. The number of unbranched alkanes of at least 4 members (excludes halogenated alkanes) is 1. The van der Waals surface area contributed by atoms with Gasteiger partial charge in [-0.15, -0.1) is 10.2 Å². The molecule has 0 radical (unpaired) electrons. The standard InChI is InChI=1S/C14H22F3N5O/c1-2-3-6-10(12(18)23)19-8-11-20-21-13-9(14(15,16)17)5-4-7-22(11)13/h9-10,19H,2-8H2,1H3,(H2,18,23)/t9-,10-/m1/s1. The second-order valence-electron chi connectivity index (χ2n) is 5.84. The Balaban J connectivity index is 2.08. The highest BCUT2D eigenvalue weighted by Gasteiger charge is 2.45. The first-order chi connectivity index (χ1) is 10.8. The summed E-state index contributed by atoms with van der Waals surface area (Å²) < 4.78 is 40.6. The van der Waals surface area contributed by atoms with Crippen molar-refractivity contribution in [3.8, 4) is 0 Å². The van der Waals surface area contributed by atoms with Gasteiger partial charge in [-0.3, -0.25) is 10.1 Å². The van der Waals surface area contributed by atoms with Gasteiger partial charge in [0.25, 0.3) is 0 Å². The molecule has 9 heteroatoms. The molecule has 3 N–H and O–H groups in total. The Morgan fingerprint density at radius 1 is 1.48 bits per heavy atom. The molecule has 0 fully saturated rings. The fourth-order valence-corrected chi connectivity index (χ4v) is 2.84. The minimum Gasteiger partial charge on any atom is -0.368 e. The largest absolute Gasteiger partial charge is 0.398 e. The molecule has 0 saturated carbocycles. The maximum absolute atomic E-state index is 13.0. The highest BCUT2D eigenvalue weighted by molar-refractivity contribution is 5.79. The highest BCUT2D eigenvalue weighted by Crippen LogP contribution is 2.40. The Kier molecular flexibility index (Phi) is 5.61. The molecule has 1 aromatic rings. The van der Waals surface area contributed by atoms with Crippen LogP contribution in [0.15, 0.2) is 0 Å². The van der Waals surface area contributed by atoms with Crippen molar-refractivity contribution in [2.24, 2.45) is 5.73 Å². The third-order valence-electron chi connectivity index (χ3n) is 4.13. The Hall–Kier alpha value is -1.64. The zero-order valence-electron chi connectivity index (χ0n) is 13.1. The number of hydrogen-bond donors (Lipinski definition) is 2. The second kappa shape index (κ2) is 7.29. The second-order valence-corrected chi connectivity index (χ2v) is 5.84. The number of halogens is 3. The van der Waals surface area contributed by atoms with Crippen molar-refractivity contribution >= 4 is 5.91 Å². The zero-order valence-corrected chi connectivity index (χ0v) is 13.1. The summed E-state index contributed by atoms with van der Waals surface area (Å²) in [5.74, 6) is -1.66. The van der Waals surface area contributed by atoms with Crippen molar-refractivity contribution < 1.29 is 18.0 Å². The van der Waals surface area contributed by atoms with Gasteiger partial charge in [0.05, 0.1) is 12.6 Å². The van der Waals surface area contributed by atoms with Crippen LogP contribution in [0.5, 0.6) is 0 Å². The van der Waals surface area contributed by atoms with Gasteiger partial charge in [0.1, 0.15) is 17.6 Å². The van der Waals surface area contributed by atoms with E-state index in [0.29, 0.717) is 25.2 Å². The third kappa shape index (κ3) is 4.21. The Labute approximate surface area is 132 Å². The molecule has 0 bridgehead atoms. The Bertz CT molecular complexity index is 543. The number of aromatic nitrogens is 3. The third-order valence-corrected chi connectivity index (χ3v) is 4.13. The number of carbonyl (C=O) groups excluding carboxylic acids is 1. The van der Waals surface area contributed by atoms with Crippen molar-refractivity contribution in [1.82, 2.24) is 20.1 Å². The minimum atomic E-state index is -4.31. The fraction of sp³-hybridized carbons (Fsp3) is 0.786. The van der Waals surface area contributed by atoms with Gasteiger partial charge in [-0.05, 0) is 19.3 Å². The van der Waals surface area contributed by atoms with E-state index in [4.69, 9.17) is 5.73 Å². The number of fused-ring (bicyclic) bond motifs is 1. The molecule has 0 aromatic carbocycles. The molecule has 23 heavy (non-hydrogen) atoms. The Morgan fingerprint density at radius 3 is 2.83 bits per heavy atom. The molecule has 1 amide bonds. The lowest BCUT2D eigenvalue weighted by molar-refractivity contribution is -0.156. The molecular formula is C14H22F3N5O. The van der Waals surface area contributed by atoms with E-state index in [-0.39, 0.29) is 18.8 Å². The van der Waals surface area contributed by atoms with Gasteiger partial charge in [0.15, 0.2) is 0 Å². The molecule has 0 spiro atoms. The average molecular weight is 333 g/mol. The van der Waals surface area contributed by atoms with Gasteiger partial charge in [0.2, 0.25) is 5.91 Å². The molecule has 2 rings (SSSR count). The van der Waals surface area contributed by atoms with Gasteiger partial charge >= 0.3 is 6.18 Å². The Morgan fingerprint density at radius 2 is 2.22 bits per heavy atom. The van der Waals surface area contributed by atoms with Crippen molar-refractivity contribution in [2.45, 2.75) is 70.3 Å². The highest BCUT2D eigenvalue weighted by atomic mass is 19.4. The van der Waals surface area contributed by atoms with E-state index in [9.17, 15) is 18.0 Å². The van der Waals surface area contributed by atoms with Crippen LogP contribution in [0, 0.1) is 0 Å². The number of nitrogens with two attached hydrogens (primary N) is 1. The molecule has 1 aromatic heterocycles. The van der Waals surface area contributed by atoms with E-state index in [2.05, 4.69) is 15.5 Å². The summed E-state index contributed by atoms with van der Waals surface area (Å²) in [5, 5.41) is 10.6. The van der Waals surface area contributed by atoms with Crippen molar-refractivity contribution in [3.63, 3.8) is 0 Å². The van der Waals surface area contributed by atoms with Gasteiger partial charge in [-0.25, -0.2) is 0 Å². The van der Waals surface area contributed by atoms with Crippen molar-refractivity contribution in [1.29, 1.82) is 0 Å². The lowest BCUT2D eigenvalue weighted by Gasteiger charge is -2.25. The topological polar surface area (TPSA) is 85.8 Å². The van der Waals surface area contributed by atoms with Crippen LogP contribution in [0.25, 0.3) is 0 Å². The van der Waals surface area contributed by atoms with Crippen LogP contribution in [-0.4, -0.2) is 32.9 Å². The van der Waals surface area contributed by atoms with Crippen LogP contribution in [0.4, 0.5) is 13.2 Å². The van der Waals surface area contributed by atoms with E-state index in [1.54, 1.807) is 0 Å². The maximum Gasteiger partial charge on any atom is 0.398 e. The normalized spacial score (nSPS) is 19.4. The molecule has 1 aliphatic heterocycles. The number of nitrogens with one attached hydrogen (secondary N) is 1. The predicted molar refractivity (Wildman–Crippen MR) is 77.4 cm³/mol. The summed E-state index contributed by atoms with van der Waals surface area (Å²) in [6, 6.07) is -0.509. The number of primary amides is 1. The molecule has 1 aliphatic rings. The number of alkyl halides is 3. The van der Waals surface area contributed by atoms with Crippen LogP contribution in [0.2, 0.25) is 0 Å². The molecule has 6 nitrogen and oxygen atoms in total. The van der Waals surface area contributed by atoms with Crippen molar-refractivity contribution in [2.75, 3.05) is 0 Å². The monoisotopic (exact) mass is 333 g/mol. The smallest absolute Gasteiger partial charge is 0.368 e. The number of nitrogens with zero attached hydrogens (tertiary/aromatic N) is 3. The molecule has 2 heterocycles. The summed E-state index contributed by atoms with van der Waals surface area (Å²) in [6.07, 6.45) is -1.48. The van der Waals surface area contributed by atoms with E-state index in [1.807, 2.05) is 6.92 Å². The molecule has 2 atom stereocenters. The summed E-state index contributed by atoms with van der Waals surface area (Å²) in [6.45, 7) is 2.64. The van der Waals surface area contributed by atoms with E-state index >= 15 is 0 Å². The van der Waals surface area contributed by atoms with Crippen LogP contribution in [-0.2, 0) is 17.9 Å². The lowest BCUT2D eigenvalue weighted by Crippen LogP contribution is -2.41. The summed E-state index contributed by atoms with van der Waals surface area (Å²) in [5.41, 5.74) is 5.34. The van der Waals surface area contributed by atoms with Gasteiger partial charge < -0.3 is 10.3 Å². The summed E-state index contributed by atoms with van der Waals surface area (Å²) >= 11 is 0. The SMILES string of the molecule is CCCC[C@@H](NCc1nnc2n1CCC[C@H]2C(F)(F)F)C(N)=O. The fourth-order valence-electron chi connectivity index (χ4n) is 2.84. The predicted octanol–water partition coefficient (Wildman–Crippen LogP) is 1.85. The van der Waals surface area contributed by atoms with Gasteiger partial charge in [0, 0.05) is 6.54 Å². The first kappa shape index (κ1) is 17.7. The van der Waals surface area contributed by atoms with Crippen molar-refractivity contribution in [3.05, 3.63) is 11.6 Å². The number of hydrogen-bond acceptors (Lipinski definition) is 4. The van der Waals surface area contributed by atoms with Crippen LogP contribution >= 0.6 is 0 Å². The number of rotatable bonds is 7. The maximum atomic E-state index is 13.0. The first-order valence-electron chi connectivity index (χ1n) is 7.86. The number of amides is 1. The van der Waals surface area contributed by atoms with Crippen LogP contribution in [0.3, 0.4) is 0 Å². The number of carbonyl (C=O) groups is 1. The zero-order chi connectivity index (χ0) is 17.0. The molecule has 0 saturated heterocycles. The molecule has 0 aliphatic carbocycles. The van der Waals surface area contributed by atoms with Crippen LogP contribution in [0.1, 0.15) is 56.6 Å². The molecule has 0 unspecified atom stereocenters. The van der Waals surface area contributed by atoms with E-state index in [0.717, 1.165) is 12.8 Å². The molecular weight excluding hydrogens is 311 g/mol. The minimum absolute atomic E-state index is 0.0372. The van der Waals surface area contributed by atoms with Crippen LogP contribution < -0.4 is 11.1 Å². The van der Waals surface area contributed by atoms with Gasteiger partial charge in [-0.1, -0.05) is 19.8 Å². The average Bonchev–Trinajstić information content (AvgIpc) is 2.89. The first-order valence-corrected chi connectivity index (χ1v) is 7.86. The quantitative estimate of drug-likeness (QED) is 0.797. The van der Waals surface area contributed by atoms with Gasteiger partial charge in [-0.2, -0.15) is 13.2 Å². The summed E-state index contributed by atoms with van der Waals surface area (Å²) in [7, 11) is 0. The van der Waals surface area contributed by atoms with E-state index in [1.165, 1.54) is 4.57 Å².